The lowest BCUT2D eigenvalue weighted by atomic mass is 9.99. The number of aliphatic hydroxyl groups is 2. The molecule has 0 aliphatic carbocycles. The monoisotopic (exact) mass is 477 g/mol. The second kappa shape index (κ2) is 9.71. The fourth-order valence-corrected chi connectivity index (χ4v) is 3.47. The number of benzene rings is 1. The Bertz CT molecular complexity index is 1140. The summed E-state index contributed by atoms with van der Waals surface area (Å²) in [5.41, 5.74) is 2.25. The molecule has 12 heteroatoms. The lowest BCUT2D eigenvalue weighted by molar-refractivity contribution is -0.138. The highest BCUT2D eigenvalue weighted by atomic mass is 19.4. The van der Waals surface area contributed by atoms with Crippen molar-refractivity contribution in [2.75, 3.05) is 18.6 Å². The predicted molar refractivity (Wildman–Crippen MR) is 115 cm³/mol. The number of alkyl halides is 3. The summed E-state index contributed by atoms with van der Waals surface area (Å²) in [6.45, 7) is -0.565. The molecule has 5 N–H and O–H groups in total. The molecule has 2 aromatic rings. The van der Waals surface area contributed by atoms with Crippen LogP contribution in [0.5, 0.6) is 0 Å². The third kappa shape index (κ3) is 5.14. The standard InChI is InChI=1S/C22H22F3N5O4/c23-22(24,25)15-5-2-1-4-14(15)16-8-9-19-26-10-17(30(19)29-16)21(33)28-18-6-3-7-20(27-18)34-12-13(32)11-31/h1-10,13,16,20,27,29,31-32H,11-12H2,(H,28,33). The molecule has 3 heterocycles. The lowest BCUT2D eigenvalue weighted by Gasteiger charge is -2.26. The van der Waals surface area contributed by atoms with Gasteiger partial charge in [-0.05, 0) is 29.9 Å². The minimum absolute atomic E-state index is 0.0174. The zero-order chi connectivity index (χ0) is 24.3. The van der Waals surface area contributed by atoms with Crippen LogP contribution in [0.1, 0.15) is 33.5 Å². The highest BCUT2D eigenvalue weighted by Crippen LogP contribution is 2.36. The SMILES string of the molecule is O=C(NC1=CC=CC(OCC(O)CO)N1)c1cnc2n1NC(c1ccccc1C(F)(F)F)C=C2. The first-order chi connectivity index (χ1) is 16.3. The number of imidazole rings is 1. The molecule has 4 rings (SSSR count). The Labute approximate surface area is 192 Å². The van der Waals surface area contributed by atoms with Crippen molar-refractivity contribution in [1.29, 1.82) is 0 Å². The van der Waals surface area contributed by atoms with Gasteiger partial charge in [-0.2, -0.15) is 13.2 Å². The molecular formula is C22H22F3N5O4. The molecule has 3 atom stereocenters. The molecule has 9 nitrogen and oxygen atoms in total. The number of carbonyl (C=O) groups excluding carboxylic acids is 1. The van der Waals surface area contributed by atoms with Crippen LogP contribution in [0.3, 0.4) is 0 Å². The van der Waals surface area contributed by atoms with Crippen molar-refractivity contribution >= 4 is 12.0 Å². The van der Waals surface area contributed by atoms with E-state index in [1.165, 1.54) is 29.1 Å². The first-order valence-electron chi connectivity index (χ1n) is 10.3. The molecule has 1 aromatic heterocycles. The van der Waals surface area contributed by atoms with E-state index in [-0.39, 0.29) is 17.9 Å². The van der Waals surface area contributed by atoms with Crippen LogP contribution in [-0.4, -0.2) is 51.3 Å². The average Bonchev–Trinajstić information content (AvgIpc) is 3.25. The zero-order valence-corrected chi connectivity index (χ0v) is 17.7. The van der Waals surface area contributed by atoms with E-state index in [0.29, 0.717) is 11.6 Å². The molecular weight excluding hydrogens is 455 g/mol. The number of hydrogen-bond donors (Lipinski definition) is 5. The van der Waals surface area contributed by atoms with Gasteiger partial charge in [0, 0.05) is 0 Å². The van der Waals surface area contributed by atoms with Crippen LogP contribution < -0.4 is 16.1 Å². The van der Waals surface area contributed by atoms with Gasteiger partial charge in [0.25, 0.3) is 5.91 Å². The number of halogens is 3. The third-order valence-electron chi connectivity index (χ3n) is 5.10. The molecule has 0 spiro atoms. The van der Waals surface area contributed by atoms with Gasteiger partial charge in [-0.3, -0.25) is 4.79 Å². The van der Waals surface area contributed by atoms with Crippen molar-refractivity contribution in [3.8, 4) is 0 Å². The Morgan fingerprint density at radius 3 is 2.85 bits per heavy atom. The van der Waals surface area contributed by atoms with E-state index in [9.17, 15) is 23.1 Å². The van der Waals surface area contributed by atoms with Crippen LogP contribution in [0.15, 0.2) is 60.6 Å². The summed E-state index contributed by atoms with van der Waals surface area (Å²) >= 11 is 0. The second-order valence-electron chi connectivity index (χ2n) is 7.54. The molecule has 34 heavy (non-hydrogen) atoms. The average molecular weight is 477 g/mol. The number of nitrogens with one attached hydrogen (secondary N) is 3. The molecule has 2 aliphatic rings. The molecule has 0 radical (unpaired) electrons. The van der Waals surface area contributed by atoms with E-state index in [1.807, 2.05) is 0 Å². The number of aromatic nitrogens is 2. The minimum Gasteiger partial charge on any atom is -0.394 e. The van der Waals surface area contributed by atoms with E-state index in [1.54, 1.807) is 30.4 Å². The maximum Gasteiger partial charge on any atom is 0.416 e. The molecule has 1 amide bonds. The number of fused-ring (bicyclic) bond motifs is 1. The van der Waals surface area contributed by atoms with Gasteiger partial charge in [0.1, 0.15) is 23.8 Å². The first kappa shape index (κ1) is 23.5. The Morgan fingerprint density at radius 2 is 2.09 bits per heavy atom. The number of aliphatic hydroxyl groups excluding tert-OH is 2. The molecule has 0 fully saturated rings. The van der Waals surface area contributed by atoms with Gasteiger partial charge in [-0.1, -0.05) is 30.4 Å². The van der Waals surface area contributed by atoms with Crippen LogP contribution in [0.25, 0.3) is 6.08 Å². The highest BCUT2D eigenvalue weighted by molar-refractivity contribution is 5.94. The number of amides is 1. The number of carbonyl (C=O) groups is 1. The Hall–Kier alpha value is -3.61. The van der Waals surface area contributed by atoms with Gasteiger partial charge in [-0.15, -0.1) is 0 Å². The number of dihydropyridines is 1. The number of allylic oxidation sites excluding steroid dienone is 2. The van der Waals surface area contributed by atoms with Crippen LogP contribution >= 0.6 is 0 Å². The van der Waals surface area contributed by atoms with Crippen molar-refractivity contribution < 1.29 is 32.9 Å². The van der Waals surface area contributed by atoms with Crippen molar-refractivity contribution in [2.24, 2.45) is 0 Å². The predicted octanol–water partition coefficient (Wildman–Crippen LogP) is 1.64. The first-order valence-corrected chi connectivity index (χ1v) is 10.3. The van der Waals surface area contributed by atoms with Gasteiger partial charge in [0.05, 0.1) is 31.0 Å². The molecule has 0 saturated heterocycles. The van der Waals surface area contributed by atoms with Gasteiger partial charge in [0.2, 0.25) is 0 Å². The van der Waals surface area contributed by atoms with Crippen LogP contribution in [0.4, 0.5) is 13.2 Å². The van der Waals surface area contributed by atoms with E-state index in [0.717, 1.165) is 6.07 Å². The van der Waals surface area contributed by atoms with E-state index >= 15 is 0 Å². The molecule has 0 saturated carbocycles. The molecule has 3 unspecified atom stereocenters. The quantitative estimate of drug-likeness (QED) is 0.411. The minimum atomic E-state index is -4.53. The van der Waals surface area contributed by atoms with Gasteiger partial charge in [-0.25, -0.2) is 9.66 Å². The fourth-order valence-electron chi connectivity index (χ4n) is 3.47. The summed E-state index contributed by atoms with van der Waals surface area (Å²) < 4.78 is 47.1. The number of rotatable bonds is 7. The summed E-state index contributed by atoms with van der Waals surface area (Å²) in [7, 11) is 0. The van der Waals surface area contributed by atoms with Crippen LogP contribution in [-0.2, 0) is 10.9 Å². The van der Waals surface area contributed by atoms with E-state index in [4.69, 9.17) is 9.84 Å². The maximum atomic E-state index is 13.5. The van der Waals surface area contributed by atoms with Gasteiger partial charge in [0.15, 0.2) is 5.82 Å². The highest BCUT2D eigenvalue weighted by Gasteiger charge is 2.35. The molecule has 180 valence electrons. The van der Waals surface area contributed by atoms with E-state index < -0.39 is 42.6 Å². The summed E-state index contributed by atoms with van der Waals surface area (Å²) in [4.78, 5) is 17.0. The molecule has 2 aliphatic heterocycles. The Balaban J connectivity index is 1.47. The third-order valence-corrected chi connectivity index (χ3v) is 5.10. The Kier molecular flexibility index (Phi) is 6.72. The zero-order valence-electron chi connectivity index (χ0n) is 17.7. The number of ether oxygens (including phenoxy) is 1. The van der Waals surface area contributed by atoms with Crippen molar-refractivity contribution in [2.45, 2.75) is 24.6 Å². The summed E-state index contributed by atoms with van der Waals surface area (Å²) in [5, 5.41) is 23.8. The maximum absolute atomic E-state index is 13.5. The van der Waals surface area contributed by atoms with E-state index in [2.05, 4.69) is 21.0 Å². The topological polar surface area (TPSA) is 121 Å². The fraction of sp³-hybridized carbons (Fsp3) is 0.273. The van der Waals surface area contributed by atoms with Crippen LogP contribution in [0.2, 0.25) is 0 Å². The second-order valence-corrected chi connectivity index (χ2v) is 7.54. The number of hydrogen-bond acceptors (Lipinski definition) is 7. The summed E-state index contributed by atoms with van der Waals surface area (Å²) in [6.07, 6.45) is 3.07. The van der Waals surface area contributed by atoms with Crippen LogP contribution in [0, 0.1) is 0 Å². The van der Waals surface area contributed by atoms with Crippen molar-refractivity contribution in [3.05, 3.63) is 83.2 Å². The molecule has 0 bridgehead atoms. The van der Waals surface area contributed by atoms with Gasteiger partial charge < -0.3 is 31.0 Å². The molecule has 1 aromatic carbocycles. The summed E-state index contributed by atoms with van der Waals surface area (Å²) in [6, 6.07) is 4.39. The van der Waals surface area contributed by atoms with Crippen molar-refractivity contribution in [3.63, 3.8) is 0 Å². The number of nitrogens with zero attached hydrogens (tertiary/aromatic N) is 2. The normalized spacial score (nSPS) is 20.1. The largest absolute Gasteiger partial charge is 0.416 e. The van der Waals surface area contributed by atoms with Crippen molar-refractivity contribution in [1.82, 2.24) is 20.3 Å². The summed E-state index contributed by atoms with van der Waals surface area (Å²) in [5.74, 6) is 0.0972. The Morgan fingerprint density at radius 1 is 1.29 bits per heavy atom. The smallest absolute Gasteiger partial charge is 0.394 e. The lowest BCUT2D eigenvalue weighted by Crippen LogP contribution is -2.41. The van der Waals surface area contributed by atoms with Gasteiger partial charge >= 0.3 is 6.18 Å².